The Morgan fingerprint density at radius 1 is 1.32 bits per heavy atom. The fraction of sp³-hybridized carbons (Fsp3) is 0.429. The Kier molecular flexibility index (Phi) is 5.56. The van der Waals surface area contributed by atoms with E-state index in [1.165, 1.54) is 12.1 Å². The molecule has 0 bridgehead atoms. The average Bonchev–Trinajstić information content (AvgIpc) is 2.96. The minimum Gasteiger partial charge on any atom is -0.395 e. The first-order valence-electron chi connectivity index (χ1n) is 7.04. The number of aliphatic hydroxyl groups excluding tert-OH is 1. The summed E-state index contributed by atoms with van der Waals surface area (Å²) in [4.78, 5) is 16.5. The number of aliphatic hydroxyl groups is 1. The molecule has 0 unspecified atom stereocenters. The molecule has 8 heteroatoms. The van der Waals surface area contributed by atoms with Crippen LogP contribution >= 0.6 is 0 Å². The minimum absolute atomic E-state index is 0.0181. The molecule has 0 aliphatic carbocycles. The molecule has 8 nitrogen and oxygen atoms in total. The van der Waals surface area contributed by atoms with E-state index < -0.39 is 4.92 Å². The molecule has 1 heterocycles. The second-order valence-electron chi connectivity index (χ2n) is 4.82. The SMILES string of the molecule is CCCN(CCO)Cc1nc(-c2ccc([N+](=O)[O-])cc2)no1. The van der Waals surface area contributed by atoms with Gasteiger partial charge in [0.25, 0.3) is 5.69 Å². The van der Waals surface area contributed by atoms with Crippen LogP contribution in [-0.4, -0.2) is 44.8 Å². The molecule has 0 saturated carbocycles. The monoisotopic (exact) mass is 306 g/mol. The topological polar surface area (TPSA) is 106 Å². The van der Waals surface area contributed by atoms with Crippen molar-refractivity contribution in [1.82, 2.24) is 15.0 Å². The molecule has 2 rings (SSSR count). The highest BCUT2D eigenvalue weighted by Crippen LogP contribution is 2.20. The van der Waals surface area contributed by atoms with E-state index in [4.69, 9.17) is 9.63 Å². The number of nitrogens with zero attached hydrogens (tertiary/aromatic N) is 4. The number of hydrogen-bond acceptors (Lipinski definition) is 7. The maximum atomic E-state index is 10.6. The largest absolute Gasteiger partial charge is 0.395 e. The van der Waals surface area contributed by atoms with E-state index in [9.17, 15) is 10.1 Å². The summed E-state index contributed by atoms with van der Waals surface area (Å²) in [5.74, 6) is 0.848. The molecule has 1 aromatic carbocycles. The first-order valence-corrected chi connectivity index (χ1v) is 7.04. The van der Waals surface area contributed by atoms with Crippen molar-refractivity contribution < 1.29 is 14.6 Å². The molecule has 0 aliphatic rings. The molecule has 0 fully saturated rings. The Morgan fingerprint density at radius 3 is 2.64 bits per heavy atom. The van der Waals surface area contributed by atoms with Crippen LogP contribution in [-0.2, 0) is 6.54 Å². The Bertz CT molecular complexity index is 606. The lowest BCUT2D eigenvalue weighted by atomic mass is 10.2. The summed E-state index contributed by atoms with van der Waals surface area (Å²) in [5, 5.41) is 23.5. The summed E-state index contributed by atoms with van der Waals surface area (Å²) in [6, 6.07) is 5.98. The molecule has 118 valence electrons. The molecule has 1 aromatic heterocycles. The fourth-order valence-corrected chi connectivity index (χ4v) is 2.09. The van der Waals surface area contributed by atoms with Crippen molar-refractivity contribution in [3.63, 3.8) is 0 Å². The lowest BCUT2D eigenvalue weighted by Gasteiger charge is -2.17. The zero-order valence-corrected chi connectivity index (χ0v) is 12.3. The highest BCUT2D eigenvalue weighted by Gasteiger charge is 2.13. The number of nitro benzene ring substituents is 1. The maximum Gasteiger partial charge on any atom is 0.269 e. The third-order valence-corrected chi connectivity index (χ3v) is 3.12. The van der Waals surface area contributed by atoms with E-state index in [1.807, 2.05) is 4.90 Å². The standard InChI is InChI=1S/C14H18N4O4/c1-2-7-17(8-9-19)10-13-15-14(16-22-13)11-3-5-12(6-4-11)18(20)21/h3-6,19H,2,7-10H2,1H3. The van der Waals surface area contributed by atoms with Gasteiger partial charge in [-0.15, -0.1) is 0 Å². The average molecular weight is 306 g/mol. The molecule has 0 amide bonds. The summed E-state index contributed by atoms with van der Waals surface area (Å²) in [5.41, 5.74) is 0.675. The zero-order chi connectivity index (χ0) is 15.9. The predicted octanol–water partition coefficient (Wildman–Crippen LogP) is 1.85. The highest BCUT2D eigenvalue weighted by molar-refractivity contribution is 5.56. The first-order chi connectivity index (χ1) is 10.6. The van der Waals surface area contributed by atoms with Gasteiger partial charge < -0.3 is 9.63 Å². The molecule has 0 spiro atoms. The smallest absolute Gasteiger partial charge is 0.269 e. The normalized spacial score (nSPS) is 11.0. The Hall–Kier alpha value is -2.32. The third kappa shape index (κ3) is 4.09. The molecule has 0 saturated heterocycles. The van der Waals surface area contributed by atoms with Crippen molar-refractivity contribution in [2.75, 3.05) is 19.7 Å². The molecule has 22 heavy (non-hydrogen) atoms. The van der Waals surface area contributed by atoms with E-state index in [1.54, 1.807) is 12.1 Å². The molecule has 0 radical (unpaired) electrons. The van der Waals surface area contributed by atoms with E-state index >= 15 is 0 Å². The van der Waals surface area contributed by atoms with E-state index in [0.717, 1.165) is 13.0 Å². The van der Waals surface area contributed by atoms with Crippen LogP contribution in [0.15, 0.2) is 28.8 Å². The summed E-state index contributed by atoms with van der Waals surface area (Å²) >= 11 is 0. The highest BCUT2D eigenvalue weighted by atomic mass is 16.6. The van der Waals surface area contributed by atoms with Crippen LogP contribution in [0.25, 0.3) is 11.4 Å². The van der Waals surface area contributed by atoms with Crippen LogP contribution < -0.4 is 0 Å². The van der Waals surface area contributed by atoms with Crippen LogP contribution in [0.3, 0.4) is 0 Å². The van der Waals surface area contributed by atoms with Gasteiger partial charge in [0.05, 0.1) is 18.1 Å². The quantitative estimate of drug-likeness (QED) is 0.586. The molecule has 0 aliphatic heterocycles. The van der Waals surface area contributed by atoms with Gasteiger partial charge in [-0.1, -0.05) is 12.1 Å². The predicted molar refractivity (Wildman–Crippen MR) is 79.0 cm³/mol. The van der Waals surface area contributed by atoms with Crippen molar-refractivity contribution in [2.24, 2.45) is 0 Å². The van der Waals surface area contributed by atoms with Crippen LogP contribution in [0, 0.1) is 10.1 Å². The summed E-state index contributed by atoms with van der Waals surface area (Å²) in [7, 11) is 0. The van der Waals surface area contributed by atoms with Crippen LogP contribution in [0.5, 0.6) is 0 Å². The van der Waals surface area contributed by atoms with Crippen molar-refractivity contribution >= 4 is 5.69 Å². The van der Waals surface area contributed by atoms with Crippen molar-refractivity contribution in [1.29, 1.82) is 0 Å². The number of hydrogen-bond donors (Lipinski definition) is 1. The van der Waals surface area contributed by atoms with Gasteiger partial charge in [-0.25, -0.2) is 0 Å². The van der Waals surface area contributed by atoms with Gasteiger partial charge in [-0.2, -0.15) is 4.98 Å². The number of benzene rings is 1. The van der Waals surface area contributed by atoms with Gasteiger partial charge in [0, 0.05) is 24.2 Å². The Morgan fingerprint density at radius 2 is 2.05 bits per heavy atom. The van der Waals surface area contributed by atoms with Gasteiger partial charge in [-0.3, -0.25) is 15.0 Å². The zero-order valence-electron chi connectivity index (χ0n) is 12.3. The van der Waals surface area contributed by atoms with Crippen LogP contribution in [0.4, 0.5) is 5.69 Å². The molecular weight excluding hydrogens is 288 g/mol. The summed E-state index contributed by atoms with van der Waals surface area (Å²) in [6.45, 7) is 3.97. The lowest BCUT2D eigenvalue weighted by molar-refractivity contribution is -0.384. The molecular formula is C14H18N4O4. The fourth-order valence-electron chi connectivity index (χ4n) is 2.09. The van der Waals surface area contributed by atoms with Crippen LogP contribution in [0.2, 0.25) is 0 Å². The van der Waals surface area contributed by atoms with Gasteiger partial charge in [0.15, 0.2) is 0 Å². The van der Waals surface area contributed by atoms with E-state index in [0.29, 0.717) is 30.4 Å². The van der Waals surface area contributed by atoms with E-state index in [2.05, 4.69) is 17.1 Å². The number of non-ortho nitro benzene ring substituents is 1. The van der Waals surface area contributed by atoms with Gasteiger partial charge >= 0.3 is 0 Å². The van der Waals surface area contributed by atoms with Crippen molar-refractivity contribution in [3.05, 3.63) is 40.3 Å². The second kappa shape index (κ2) is 7.62. The Labute approximate surface area is 127 Å². The molecule has 2 aromatic rings. The Balaban J connectivity index is 2.08. The summed E-state index contributed by atoms with van der Waals surface area (Å²) in [6.07, 6.45) is 0.962. The van der Waals surface area contributed by atoms with Gasteiger partial charge in [-0.05, 0) is 25.1 Å². The number of rotatable bonds is 8. The number of aromatic nitrogens is 2. The second-order valence-corrected chi connectivity index (χ2v) is 4.82. The van der Waals surface area contributed by atoms with Gasteiger partial charge in [0.1, 0.15) is 0 Å². The molecule has 0 atom stereocenters. The minimum atomic E-state index is -0.455. The molecule has 1 N–H and O–H groups in total. The first kappa shape index (κ1) is 16.1. The van der Waals surface area contributed by atoms with Crippen molar-refractivity contribution in [2.45, 2.75) is 19.9 Å². The van der Waals surface area contributed by atoms with E-state index in [-0.39, 0.29) is 12.3 Å². The van der Waals surface area contributed by atoms with Crippen molar-refractivity contribution in [3.8, 4) is 11.4 Å². The van der Waals surface area contributed by atoms with Crippen LogP contribution in [0.1, 0.15) is 19.2 Å². The maximum absolute atomic E-state index is 10.6. The number of nitro groups is 1. The summed E-state index contributed by atoms with van der Waals surface area (Å²) < 4.78 is 5.20. The van der Waals surface area contributed by atoms with Gasteiger partial charge in [0.2, 0.25) is 11.7 Å². The lowest BCUT2D eigenvalue weighted by Crippen LogP contribution is -2.27. The third-order valence-electron chi connectivity index (χ3n) is 3.12.